The van der Waals surface area contributed by atoms with Gasteiger partial charge in [-0.05, 0) is 42.0 Å². The van der Waals surface area contributed by atoms with Crippen LogP contribution in [0.15, 0.2) is 79.1 Å². The molecule has 3 aromatic carbocycles. The molecule has 0 aliphatic rings. The van der Waals surface area contributed by atoms with Crippen molar-refractivity contribution < 1.29 is 14.3 Å². The van der Waals surface area contributed by atoms with Crippen molar-refractivity contribution >= 4 is 17.5 Å². The van der Waals surface area contributed by atoms with Gasteiger partial charge in [-0.1, -0.05) is 36.4 Å². The Morgan fingerprint density at radius 1 is 1.03 bits per heavy atom. The van der Waals surface area contributed by atoms with E-state index in [1.165, 1.54) is 0 Å². The number of hydrogen-bond donors (Lipinski definition) is 2. The number of aryl methyl sites for hydroxylation is 1. The molecule has 0 unspecified atom stereocenters. The van der Waals surface area contributed by atoms with E-state index in [4.69, 9.17) is 10.5 Å². The van der Waals surface area contributed by atoms with Gasteiger partial charge in [-0.3, -0.25) is 9.59 Å². The summed E-state index contributed by atoms with van der Waals surface area (Å²) >= 11 is 0. The van der Waals surface area contributed by atoms with Crippen LogP contribution in [0.2, 0.25) is 0 Å². The number of primary amides is 1. The zero-order valence-electron chi connectivity index (χ0n) is 17.4. The lowest BCUT2D eigenvalue weighted by Gasteiger charge is -2.12. The number of hydrogen-bond acceptors (Lipinski definition) is 5. The van der Waals surface area contributed by atoms with Gasteiger partial charge in [-0.2, -0.15) is 0 Å². The van der Waals surface area contributed by atoms with Crippen molar-refractivity contribution in [3.8, 4) is 17.1 Å². The van der Waals surface area contributed by atoms with Gasteiger partial charge in [0.2, 0.25) is 0 Å². The summed E-state index contributed by atoms with van der Waals surface area (Å²) in [6.07, 6.45) is 1.60. The van der Waals surface area contributed by atoms with E-state index in [2.05, 4.69) is 15.5 Å². The van der Waals surface area contributed by atoms with Crippen molar-refractivity contribution in [1.82, 2.24) is 14.8 Å². The van der Waals surface area contributed by atoms with E-state index < -0.39 is 5.91 Å². The van der Waals surface area contributed by atoms with Crippen molar-refractivity contribution in [2.24, 2.45) is 12.8 Å². The van der Waals surface area contributed by atoms with Crippen LogP contribution in [-0.4, -0.2) is 26.6 Å². The van der Waals surface area contributed by atoms with Crippen molar-refractivity contribution in [2.75, 3.05) is 5.32 Å². The number of nitrogens with two attached hydrogens (primary N) is 1. The lowest BCUT2D eigenvalue weighted by atomic mass is 10.1. The summed E-state index contributed by atoms with van der Waals surface area (Å²) in [5, 5.41) is 11.0. The summed E-state index contributed by atoms with van der Waals surface area (Å²) in [4.78, 5) is 24.5. The first-order valence-electron chi connectivity index (χ1n) is 9.88. The smallest absolute Gasteiger partial charge is 0.255 e. The molecule has 0 radical (unpaired) electrons. The van der Waals surface area contributed by atoms with E-state index in [9.17, 15) is 9.59 Å². The van der Waals surface area contributed by atoms with Crippen molar-refractivity contribution in [3.63, 3.8) is 0 Å². The minimum absolute atomic E-state index is 0.181. The Morgan fingerprint density at radius 3 is 2.59 bits per heavy atom. The average Bonchev–Trinajstić information content (AvgIpc) is 3.24. The molecule has 160 valence electrons. The number of nitrogens with one attached hydrogen (secondary N) is 1. The summed E-state index contributed by atoms with van der Waals surface area (Å²) in [6.45, 7) is 0.181. The zero-order chi connectivity index (χ0) is 22.5. The Bertz CT molecular complexity index is 1280. The number of amides is 2. The number of anilines is 1. The Morgan fingerprint density at radius 2 is 1.81 bits per heavy atom. The van der Waals surface area contributed by atoms with Crippen molar-refractivity contribution in [1.29, 1.82) is 0 Å². The lowest BCUT2D eigenvalue weighted by Crippen LogP contribution is -2.14. The molecule has 0 aliphatic heterocycles. The van der Waals surface area contributed by atoms with Crippen LogP contribution in [0.25, 0.3) is 11.4 Å². The minimum atomic E-state index is -0.560. The second kappa shape index (κ2) is 9.13. The Balaban J connectivity index is 1.51. The lowest BCUT2D eigenvalue weighted by molar-refractivity contribution is 0.0994. The molecule has 3 N–H and O–H groups in total. The number of carbonyl (C=O) groups is 2. The second-order valence-corrected chi connectivity index (χ2v) is 7.11. The number of aromatic nitrogens is 3. The first-order valence-corrected chi connectivity index (χ1v) is 9.88. The Labute approximate surface area is 184 Å². The molecule has 1 heterocycles. The van der Waals surface area contributed by atoms with E-state index in [-0.39, 0.29) is 12.5 Å². The molecule has 4 rings (SSSR count). The maximum absolute atomic E-state index is 12.9. The van der Waals surface area contributed by atoms with E-state index >= 15 is 0 Å². The maximum atomic E-state index is 12.9. The molecule has 0 spiro atoms. The van der Waals surface area contributed by atoms with Gasteiger partial charge in [0, 0.05) is 18.2 Å². The fraction of sp³-hybridized carbons (Fsp3) is 0.0833. The number of nitrogens with zero attached hydrogens (tertiary/aromatic N) is 3. The summed E-state index contributed by atoms with van der Waals surface area (Å²) < 4.78 is 7.55. The SMILES string of the molecule is Cn1cnnc1-c1ccccc1NC(=O)c1cccc(COc2ccccc2C(N)=O)c1. The average molecular weight is 427 g/mol. The predicted octanol–water partition coefficient (Wildman–Crippen LogP) is 3.41. The molecule has 8 nitrogen and oxygen atoms in total. The summed E-state index contributed by atoms with van der Waals surface area (Å²) in [5.41, 5.74) is 8.35. The molecule has 2 amide bonds. The number of carbonyl (C=O) groups excluding carboxylic acids is 2. The molecule has 8 heteroatoms. The van der Waals surface area contributed by atoms with Crippen molar-refractivity contribution in [3.05, 3.63) is 95.8 Å². The number of para-hydroxylation sites is 2. The monoisotopic (exact) mass is 427 g/mol. The van der Waals surface area contributed by atoms with Crippen LogP contribution in [0.4, 0.5) is 5.69 Å². The summed E-state index contributed by atoms with van der Waals surface area (Å²) in [7, 11) is 1.84. The second-order valence-electron chi connectivity index (χ2n) is 7.11. The molecule has 1 aromatic heterocycles. The van der Waals surface area contributed by atoms with E-state index in [1.807, 2.05) is 37.4 Å². The van der Waals surface area contributed by atoms with Crippen LogP contribution in [0.3, 0.4) is 0 Å². The van der Waals surface area contributed by atoms with E-state index in [1.54, 1.807) is 53.4 Å². The molecule has 0 bridgehead atoms. The van der Waals surface area contributed by atoms with Crippen LogP contribution in [0, 0.1) is 0 Å². The molecular weight excluding hydrogens is 406 g/mol. The van der Waals surface area contributed by atoms with Gasteiger partial charge in [0.15, 0.2) is 5.82 Å². The van der Waals surface area contributed by atoms with Gasteiger partial charge in [0.1, 0.15) is 18.7 Å². The highest BCUT2D eigenvalue weighted by Gasteiger charge is 2.14. The third-order valence-electron chi connectivity index (χ3n) is 4.86. The molecule has 0 fully saturated rings. The maximum Gasteiger partial charge on any atom is 0.255 e. The molecule has 4 aromatic rings. The van der Waals surface area contributed by atoms with E-state index in [0.29, 0.717) is 28.4 Å². The van der Waals surface area contributed by atoms with Crippen LogP contribution in [0.1, 0.15) is 26.3 Å². The quantitative estimate of drug-likeness (QED) is 0.469. The summed E-state index contributed by atoms with van der Waals surface area (Å²) in [5.74, 6) is 0.220. The first kappa shape index (κ1) is 20.8. The van der Waals surface area contributed by atoms with Gasteiger partial charge < -0.3 is 20.4 Å². The fourth-order valence-electron chi connectivity index (χ4n) is 3.27. The highest BCUT2D eigenvalue weighted by molar-refractivity contribution is 6.06. The normalized spacial score (nSPS) is 10.5. The van der Waals surface area contributed by atoms with Gasteiger partial charge in [-0.15, -0.1) is 10.2 Å². The third-order valence-corrected chi connectivity index (χ3v) is 4.86. The zero-order valence-corrected chi connectivity index (χ0v) is 17.4. The highest BCUT2D eigenvalue weighted by Crippen LogP contribution is 2.26. The van der Waals surface area contributed by atoms with Crippen LogP contribution in [0.5, 0.6) is 5.75 Å². The first-order chi connectivity index (χ1) is 15.5. The number of ether oxygens (including phenoxy) is 1. The number of benzene rings is 3. The van der Waals surface area contributed by atoms with Crippen LogP contribution < -0.4 is 15.8 Å². The van der Waals surface area contributed by atoms with E-state index in [0.717, 1.165) is 11.1 Å². The molecule has 32 heavy (non-hydrogen) atoms. The molecule has 0 saturated carbocycles. The van der Waals surface area contributed by atoms with Gasteiger partial charge in [0.25, 0.3) is 11.8 Å². The minimum Gasteiger partial charge on any atom is -0.488 e. The molecule has 0 atom stereocenters. The number of rotatable bonds is 7. The topological polar surface area (TPSA) is 112 Å². The largest absolute Gasteiger partial charge is 0.488 e. The van der Waals surface area contributed by atoms with Gasteiger partial charge >= 0.3 is 0 Å². The fourth-order valence-corrected chi connectivity index (χ4v) is 3.27. The Hall–Kier alpha value is -4.46. The molecule has 0 aliphatic carbocycles. The third kappa shape index (κ3) is 4.49. The van der Waals surface area contributed by atoms with Gasteiger partial charge in [-0.25, -0.2) is 0 Å². The standard InChI is InChI=1S/C24H21N5O3/c1-29-15-26-28-23(29)18-9-2-4-11-20(18)27-24(31)17-8-6-7-16(13-17)14-32-21-12-5-3-10-19(21)22(25)30/h2-13,15H,14H2,1H3,(H2,25,30)(H,27,31). The van der Waals surface area contributed by atoms with Crippen LogP contribution in [-0.2, 0) is 13.7 Å². The molecular formula is C24H21N5O3. The summed E-state index contributed by atoms with van der Waals surface area (Å²) in [6, 6.07) is 21.3. The highest BCUT2D eigenvalue weighted by atomic mass is 16.5. The van der Waals surface area contributed by atoms with Gasteiger partial charge in [0.05, 0.1) is 11.3 Å². The van der Waals surface area contributed by atoms with Crippen molar-refractivity contribution in [2.45, 2.75) is 6.61 Å². The van der Waals surface area contributed by atoms with Crippen LogP contribution >= 0.6 is 0 Å². The Kier molecular flexibility index (Phi) is 5.94. The molecule has 0 saturated heterocycles. The predicted molar refractivity (Wildman–Crippen MR) is 120 cm³/mol.